The molecule has 2 aliphatic heterocycles. The van der Waals surface area contributed by atoms with Crippen molar-refractivity contribution in [1.29, 1.82) is 0 Å². The van der Waals surface area contributed by atoms with Crippen molar-refractivity contribution in [3.8, 4) is 0 Å². The molecule has 1 amide bonds. The van der Waals surface area contributed by atoms with E-state index in [-0.39, 0.29) is 17.7 Å². The van der Waals surface area contributed by atoms with Gasteiger partial charge in [-0.2, -0.15) is 0 Å². The summed E-state index contributed by atoms with van der Waals surface area (Å²) in [6.45, 7) is 1.96. The monoisotopic (exact) mass is 303 g/mol. The average Bonchev–Trinajstić information content (AvgIpc) is 3.01. The Bertz CT molecular complexity index is 539. The lowest BCUT2D eigenvalue weighted by Crippen LogP contribution is -2.38. The lowest BCUT2D eigenvalue weighted by Gasteiger charge is -2.26. The summed E-state index contributed by atoms with van der Waals surface area (Å²) in [6.07, 6.45) is 1.73. The quantitative estimate of drug-likeness (QED) is 0.923. The fourth-order valence-electron chi connectivity index (χ4n) is 3.47. The fraction of sp³-hybridized carbons (Fsp3) is 0.529. The van der Waals surface area contributed by atoms with Crippen molar-refractivity contribution < 1.29 is 19.4 Å². The molecule has 2 fully saturated rings. The average molecular weight is 303 g/mol. The van der Waals surface area contributed by atoms with Crippen LogP contribution in [0.3, 0.4) is 0 Å². The number of hydrogen-bond acceptors (Lipinski definition) is 3. The summed E-state index contributed by atoms with van der Waals surface area (Å²) in [4.78, 5) is 25.9. The van der Waals surface area contributed by atoms with Gasteiger partial charge in [0.25, 0.3) is 0 Å². The van der Waals surface area contributed by atoms with Gasteiger partial charge in [-0.1, -0.05) is 30.3 Å². The van der Waals surface area contributed by atoms with Crippen molar-refractivity contribution in [2.24, 2.45) is 11.8 Å². The number of carboxylic acid groups (broad SMARTS) is 1. The first-order chi connectivity index (χ1) is 10.7. The van der Waals surface area contributed by atoms with E-state index in [1.165, 1.54) is 0 Å². The molecule has 0 aliphatic carbocycles. The zero-order valence-electron chi connectivity index (χ0n) is 12.5. The van der Waals surface area contributed by atoms with Crippen LogP contribution in [0.25, 0.3) is 0 Å². The maximum absolute atomic E-state index is 12.6. The number of likely N-dealkylation sites (tertiary alicyclic amines) is 1. The maximum Gasteiger partial charge on any atom is 0.308 e. The van der Waals surface area contributed by atoms with Crippen molar-refractivity contribution in [1.82, 2.24) is 4.90 Å². The van der Waals surface area contributed by atoms with Gasteiger partial charge in [-0.05, 0) is 18.4 Å². The van der Waals surface area contributed by atoms with E-state index in [1.807, 2.05) is 30.3 Å². The van der Waals surface area contributed by atoms with Gasteiger partial charge >= 0.3 is 5.97 Å². The summed E-state index contributed by atoms with van der Waals surface area (Å²) in [5.41, 5.74) is 0.991. The number of nitrogens with zero attached hydrogens (tertiary/aromatic N) is 1. The zero-order valence-corrected chi connectivity index (χ0v) is 12.5. The van der Waals surface area contributed by atoms with Crippen LogP contribution in [0.1, 0.15) is 24.3 Å². The van der Waals surface area contributed by atoms with Gasteiger partial charge in [0.05, 0.1) is 18.4 Å². The van der Waals surface area contributed by atoms with Crippen molar-refractivity contribution in [2.45, 2.75) is 18.8 Å². The lowest BCUT2D eigenvalue weighted by molar-refractivity contribution is -0.142. The molecule has 22 heavy (non-hydrogen) atoms. The predicted octanol–water partition coefficient (Wildman–Crippen LogP) is 1.74. The van der Waals surface area contributed by atoms with E-state index in [2.05, 4.69) is 0 Å². The molecule has 0 spiro atoms. The summed E-state index contributed by atoms with van der Waals surface area (Å²) in [6, 6.07) is 9.62. The number of benzene rings is 1. The third-order valence-corrected chi connectivity index (χ3v) is 4.69. The van der Waals surface area contributed by atoms with Gasteiger partial charge in [-0.15, -0.1) is 0 Å². The molecule has 0 aromatic heterocycles. The van der Waals surface area contributed by atoms with E-state index in [1.54, 1.807) is 4.90 Å². The number of hydrogen-bond donors (Lipinski definition) is 1. The second-order valence-electron chi connectivity index (χ2n) is 6.12. The highest BCUT2D eigenvalue weighted by Gasteiger charge is 2.42. The summed E-state index contributed by atoms with van der Waals surface area (Å²) in [5.74, 6) is -1.56. The lowest BCUT2D eigenvalue weighted by atomic mass is 9.89. The molecule has 2 aliphatic rings. The van der Waals surface area contributed by atoms with Crippen LogP contribution in [0.2, 0.25) is 0 Å². The van der Waals surface area contributed by atoms with Gasteiger partial charge in [0.2, 0.25) is 5.91 Å². The van der Waals surface area contributed by atoms with Crippen LogP contribution in [-0.2, 0) is 14.3 Å². The fourth-order valence-corrected chi connectivity index (χ4v) is 3.47. The Morgan fingerprint density at radius 2 is 1.95 bits per heavy atom. The third kappa shape index (κ3) is 2.99. The van der Waals surface area contributed by atoms with E-state index in [4.69, 9.17) is 4.74 Å². The minimum absolute atomic E-state index is 0.0457. The predicted molar refractivity (Wildman–Crippen MR) is 80.4 cm³/mol. The highest BCUT2D eigenvalue weighted by atomic mass is 16.5. The van der Waals surface area contributed by atoms with Gasteiger partial charge in [0.15, 0.2) is 0 Å². The van der Waals surface area contributed by atoms with Crippen LogP contribution in [0, 0.1) is 11.8 Å². The van der Waals surface area contributed by atoms with E-state index >= 15 is 0 Å². The molecule has 5 nitrogen and oxygen atoms in total. The molecule has 5 heteroatoms. The Kier molecular flexibility index (Phi) is 4.43. The Morgan fingerprint density at radius 1 is 1.18 bits per heavy atom. The van der Waals surface area contributed by atoms with Crippen LogP contribution >= 0.6 is 0 Å². The molecular formula is C17H21NO4. The van der Waals surface area contributed by atoms with Crippen LogP contribution < -0.4 is 0 Å². The summed E-state index contributed by atoms with van der Waals surface area (Å²) < 4.78 is 5.38. The standard InChI is InChI=1S/C17H21NO4/c19-16(13-7-4-8-22-11-13)18-9-14(15(10-18)17(20)21)12-5-2-1-3-6-12/h1-3,5-6,13-15H,4,7-11H2,(H,20,21). The second kappa shape index (κ2) is 6.48. The number of ether oxygens (including phenoxy) is 1. The summed E-state index contributed by atoms with van der Waals surface area (Å²) in [7, 11) is 0. The Morgan fingerprint density at radius 3 is 2.59 bits per heavy atom. The van der Waals surface area contributed by atoms with E-state index < -0.39 is 11.9 Å². The first kappa shape index (κ1) is 15.0. The summed E-state index contributed by atoms with van der Waals surface area (Å²) >= 11 is 0. The van der Waals surface area contributed by atoms with E-state index in [0.717, 1.165) is 18.4 Å². The normalized spacial score (nSPS) is 28.5. The van der Waals surface area contributed by atoms with Gasteiger partial charge in [0.1, 0.15) is 0 Å². The Balaban J connectivity index is 1.75. The topological polar surface area (TPSA) is 66.8 Å². The number of carbonyl (C=O) groups is 2. The maximum atomic E-state index is 12.6. The minimum Gasteiger partial charge on any atom is -0.481 e. The second-order valence-corrected chi connectivity index (χ2v) is 6.12. The van der Waals surface area contributed by atoms with E-state index in [9.17, 15) is 14.7 Å². The number of amides is 1. The van der Waals surface area contributed by atoms with Crippen molar-refractivity contribution in [2.75, 3.05) is 26.3 Å². The summed E-state index contributed by atoms with van der Waals surface area (Å²) in [5, 5.41) is 9.49. The van der Waals surface area contributed by atoms with Crippen LogP contribution in [0.5, 0.6) is 0 Å². The smallest absolute Gasteiger partial charge is 0.308 e. The molecule has 0 bridgehead atoms. The Hall–Kier alpha value is -1.88. The molecule has 118 valence electrons. The van der Waals surface area contributed by atoms with Crippen LogP contribution in [-0.4, -0.2) is 48.2 Å². The first-order valence-electron chi connectivity index (χ1n) is 7.81. The van der Waals surface area contributed by atoms with Gasteiger partial charge < -0.3 is 14.7 Å². The first-order valence-corrected chi connectivity index (χ1v) is 7.81. The molecule has 2 heterocycles. The highest BCUT2D eigenvalue weighted by molar-refractivity contribution is 5.81. The third-order valence-electron chi connectivity index (χ3n) is 4.69. The minimum atomic E-state index is -0.830. The number of carboxylic acids is 1. The molecule has 0 radical (unpaired) electrons. The van der Waals surface area contributed by atoms with Crippen LogP contribution in [0.4, 0.5) is 0 Å². The zero-order chi connectivity index (χ0) is 15.5. The molecule has 1 aromatic carbocycles. The van der Waals surface area contributed by atoms with Crippen LogP contribution in [0.15, 0.2) is 30.3 Å². The molecule has 3 unspecified atom stereocenters. The molecule has 3 atom stereocenters. The van der Waals surface area contributed by atoms with Gasteiger partial charge in [-0.25, -0.2) is 0 Å². The molecule has 2 saturated heterocycles. The van der Waals surface area contributed by atoms with Gasteiger partial charge in [-0.3, -0.25) is 9.59 Å². The van der Waals surface area contributed by atoms with Crippen molar-refractivity contribution >= 4 is 11.9 Å². The molecule has 1 aromatic rings. The molecular weight excluding hydrogens is 282 g/mol. The number of carbonyl (C=O) groups excluding carboxylic acids is 1. The van der Waals surface area contributed by atoms with Crippen molar-refractivity contribution in [3.05, 3.63) is 35.9 Å². The van der Waals surface area contributed by atoms with Gasteiger partial charge in [0, 0.05) is 25.6 Å². The number of aliphatic carboxylic acids is 1. The number of rotatable bonds is 3. The highest BCUT2D eigenvalue weighted by Crippen LogP contribution is 2.34. The van der Waals surface area contributed by atoms with E-state index in [0.29, 0.717) is 26.3 Å². The molecule has 1 N–H and O–H groups in total. The Labute approximate surface area is 129 Å². The molecule has 0 saturated carbocycles. The largest absolute Gasteiger partial charge is 0.481 e. The SMILES string of the molecule is O=C(O)C1CN(C(=O)C2CCCOC2)CC1c1ccccc1. The van der Waals surface area contributed by atoms with Crippen molar-refractivity contribution in [3.63, 3.8) is 0 Å². The molecule has 3 rings (SSSR count).